The molecule has 2 aromatic rings. The lowest BCUT2D eigenvalue weighted by atomic mass is 10.2. The van der Waals surface area contributed by atoms with Gasteiger partial charge in [0.25, 0.3) is 0 Å². The van der Waals surface area contributed by atoms with Crippen LogP contribution in [0, 0.1) is 0 Å². The number of nitrogens with zero attached hydrogens (tertiary/aromatic N) is 3. The molecule has 2 atom stereocenters. The Bertz CT molecular complexity index is 711. The van der Waals surface area contributed by atoms with E-state index in [-0.39, 0.29) is 17.9 Å². The van der Waals surface area contributed by atoms with E-state index in [9.17, 15) is 4.21 Å². The summed E-state index contributed by atoms with van der Waals surface area (Å²) in [6, 6.07) is 0.205. The van der Waals surface area contributed by atoms with Crippen molar-refractivity contribution in [3.8, 4) is 0 Å². The first-order valence-electron chi connectivity index (χ1n) is 6.68. The van der Waals surface area contributed by atoms with E-state index in [1.807, 2.05) is 5.38 Å². The van der Waals surface area contributed by atoms with Gasteiger partial charge in [0.2, 0.25) is 16.6 Å². The highest BCUT2D eigenvalue weighted by Gasteiger charge is 2.24. The third-order valence-electron chi connectivity index (χ3n) is 3.47. The van der Waals surface area contributed by atoms with Gasteiger partial charge in [-0.2, -0.15) is 4.98 Å². The van der Waals surface area contributed by atoms with Gasteiger partial charge in [-0.25, -0.2) is 13.9 Å². The minimum Gasteiger partial charge on any atom is -0.377 e. The van der Waals surface area contributed by atoms with Gasteiger partial charge >= 0.3 is 0 Å². The van der Waals surface area contributed by atoms with Gasteiger partial charge in [-0.15, -0.1) is 11.3 Å². The highest BCUT2D eigenvalue weighted by Crippen LogP contribution is 2.34. The van der Waals surface area contributed by atoms with Gasteiger partial charge in [-0.05, 0) is 23.9 Å². The van der Waals surface area contributed by atoms with Crippen LogP contribution in [0.3, 0.4) is 0 Å². The molecule has 10 heteroatoms. The largest absolute Gasteiger partial charge is 0.377 e. The average Bonchev–Trinajstić information content (AvgIpc) is 2.88. The van der Waals surface area contributed by atoms with Crippen molar-refractivity contribution in [2.75, 3.05) is 24.7 Å². The first-order chi connectivity index (χ1) is 10.6. The fourth-order valence-corrected chi connectivity index (χ4v) is 3.88. The summed E-state index contributed by atoms with van der Waals surface area (Å²) in [5.74, 6) is 0.798. The lowest BCUT2D eigenvalue weighted by molar-refractivity contribution is 0.0987. The summed E-state index contributed by atoms with van der Waals surface area (Å²) in [5.41, 5.74) is 1.55. The zero-order valence-electron chi connectivity index (χ0n) is 11.8. The van der Waals surface area contributed by atoms with Gasteiger partial charge in [0.1, 0.15) is 0 Å². The van der Waals surface area contributed by atoms with Crippen LogP contribution in [0.1, 0.15) is 12.5 Å². The third kappa shape index (κ3) is 3.24. The van der Waals surface area contributed by atoms with Crippen LogP contribution in [-0.4, -0.2) is 44.5 Å². The maximum atomic E-state index is 10.8. The summed E-state index contributed by atoms with van der Waals surface area (Å²) in [5, 5.41) is 2.08. The van der Waals surface area contributed by atoms with E-state index in [4.69, 9.17) is 20.9 Å². The van der Waals surface area contributed by atoms with E-state index in [1.54, 1.807) is 0 Å². The molecule has 0 spiro atoms. The molecule has 2 N–H and O–H groups in total. The Kier molecular flexibility index (Phi) is 4.91. The van der Waals surface area contributed by atoms with E-state index in [0.29, 0.717) is 13.2 Å². The number of fused-ring (bicyclic) bond motifs is 1. The van der Waals surface area contributed by atoms with Crippen LogP contribution >= 0.6 is 22.9 Å². The number of morpholine rings is 1. The number of rotatable bonds is 4. The van der Waals surface area contributed by atoms with Gasteiger partial charge < -0.3 is 9.64 Å². The van der Waals surface area contributed by atoms with Crippen LogP contribution in [0.4, 0.5) is 5.82 Å². The van der Waals surface area contributed by atoms with E-state index in [0.717, 1.165) is 28.1 Å². The summed E-state index contributed by atoms with van der Waals surface area (Å²) < 4.78 is 28.5. The molecule has 0 aliphatic carbocycles. The Morgan fingerprint density at radius 3 is 3.18 bits per heavy atom. The van der Waals surface area contributed by atoms with E-state index < -0.39 is 11.3 Å². The summed E-state index contributed by atoms with van der Waals surface area (Å²) in [6.07, 6.45) is 0. The molecule has 120 valence electrons. The third-order valence-corrected chi connectivity index (χ3v) is 5.04. The molecule has 1 unspecified atom stereocenters. The lowest BCUT2D eigenvalue weighted by Crippen LogP contribution is -2.44. The normalized spacial score (nSPS) is 20.5. The number of aromatic nitrogens is 2. The number of ether oxygens (including phenoxy) is 1. The summed E-state index contributed by atoms with van der Waals surface area (Å²) in [6.45, 7) is 4.36. The van der Waals surface area contributed by atoms with Crippen molar-refractivity contribution >= 4 is 50.2 Å². The molecule has 0 aromatic carbocycles. The average molecular weight is 363 g/mol. The van der Waals surface area contributed by atoms with E-state index >= 15 is 0 Å². The van der Waals surface area contributed by atoms with Gasteiger partial charge in [-0.3, -0.25) is 4.55 Å². The monoisotopic (exact) mass is 362 g/mol. The molecule has 0 bridgehead atoms. The minimum absolute atomic E-state index is 0.172. The molecule has 3 rings (SSSR count). The van der Waals surface area contributed by atoms with Gasteiger partial charge in [-0.1, -0.05) is 0 Å². The molecule has 7 nitrogen and oxygen atoms in total. The molecule has 0 radical (unpaired) electrons. The quantitative estimate of drug-likeness (QED) is 0.637. The molecule has 1 aliphatic rings. The highest BCUT2D eigenvalue weighted by atomic mass is 35.5. The number of anilines is 1. The van der Waals surface area contributed by atoms with Crippen LogP contribution in [-0.2, 0) is 22.5 Å². The smallest absolute Gasteiger partial charge is 0.232 e. The van der Waals surface area contributed by atoms with Crippen molar-refractivity contribution in [3.63, 3.8) is 0 Å². The molecule has 0 amide bonds. The van der Waals surface area contributed by atoms with Crippen LogP contribution in [0.25, 0.3) is 10.2 Å². The number of thiophene rings is 1. The van der Waals surface area contributed by atoms with Crippen molar-refractivity contribution in [1.82, 2.24) is 14.7 Å². The molecular formula is C12H15ClN4O3S2. The molecule has 22 heavy (non-hydrogen) atoms. The molecule has 0 saturated carbocycles. The minimum atomic E-state index is -2.06. The van der Waals surface area contributed by atoms with Crippen molar-refractivity contribution in [2.45, 2.75) is 19.5 Å². The zero-order valence-corrected chi connectivity index (χ0v) is 14.2. The van der Waals surface area contributed by atoms with Crippen molar-refractivity contribution in [3.05, 3.63) is 16.2 Å². The second-order valence-electron chi connectivity index (χ2n) is 4.94. The summed E-state index contributed by atoms with van der Waals surface area (Å²) >= 11 is 5.52. The van der Waals surface area contributed by atoms with Crippen LogP contribution < -0.4 is 9.62 Å². The number of hydrogen-bond acceptors (Lipinski definition) is 6. The highest BCUT2D eigenvalue weighted by molar-refractivity contribution is 7.77. The molecule has 1 saturated heterocycles. The van der Waals surface area contributed by atoms with Gasteiger partial charge in [0, 0.05) is 18.7 Å². The Morgan fingerprint density at radius 1 is 1.64 bits per heavy atom. The second-order valence-corrected chi connectivity index (χ2v) is 6.95. The molecule has 3 heterocycles. The predicted octanol–water partition coefficient (Wildman–Crippen LogP) is 1.80. The first kappa shape index (κ1) is 16.0. The topological polar surface area (TPSA) is 87.6 Å². The number of halogens is 1. The lowest BCUT2D eigenvalue weighted by Gasteiger charge is -2.34. The Morgan fingerprint density at radius 2 is 2.45 bits per heavy atom. The van der Waals surface area contributed by atoms with Crippen LogP contribution in [0.5, 0.6) is 0 Å². The number of nitrogens with one attached hydrogen (secondary N) is 1. The van der Waals surface area contributed by atoms with Gasteiger partial charge in [0.05, 0.1) is 29.5 Å². The fourth-order valence-electron chi connectivity index (χ4n) is 2.43. The van der Waals surface area contributed by atoms with Crippen molar-refractivity contribution < 1.29 is 13.5 Å². The van der Waals surface area contributed by atoms with Crippen LogP contribution in [0.15, 0.2) is 5.38 Å². The maximum absolute atomic E-state index is 10.8. The van der Waals surface area contributed by atoms with Crippen molar-refractivity contribution in [1.29, 1.82) is 0 Å². The molecular weight excluding hydrogens is 348 g/mol. The standard InChI is InChI=1S/C12H15ClN4O3S2/c1-7-5-20-3-2-17(7)11-10-9(15-12(13)16-11)8(6-21-10)4-14-22(18)19/h6-7,14H,2-5H2,1H3,(H,18,19)/t7-/m1/s1. The summed E-state index contributed by atoms with van der Waals surface area (Å²) in [7, 11) is 0. The molecule has 1 fully saturated rings. The Balaban J connectivity index is 2.01. The maximum Gasteiger partial charge on any atom is 0.232 e. The SMILES string of the molecule is C[C@@H]1COCCN1c1nc(Cl)nc2c(CNS(=O)O)csc12. The molecule has 2 aromatic heterocycles. The molecule has 1 aliphatic heterocycles. The first-order valence-corrected chi connectivity index (χ1v) is 9.05. The zero-order chi connectivity index (χ0) is 15.7. The fraction of sp³-hybridized carbons (Fsp3) is 0.500. The Labute approximate surface area is 139 Å². The van der Waals surface area contributed by atoms with E-state index in [2.05, 4.69) is 26.5 Å². The second kappa shape index (κ2) is 6.73. The van der Waals surface area contributed by atoms with E-state index in [1.165, 1.54) is 11.3 Å². The van der Waals surface area contributed by atoms with Crippen LogP contribution in [0.2, 0.25) is 5.28 Å². The number of hydrogen-bond donors (Lipinski definition) is 2. The Hall–Kier alpha value is -0.840. The predicted molar refractivity (Wildman–Crippen MR) is 87.7 cm³/mol. The van der Waals surface area contributed by atoms with Gasteiger partial charge in [0.15, 0.2) is 5.82 Å². The van der Waals surface area contributed by atoms with Crippen molar-refractivity contribution in [2.24, 2.45) is 0 Å². The summed E-state index contributed by atoms with van der Waals surface area (Å²) in [4.78, 5) is 10.8.